The zero-order chi connectivity index (χ0) is 16.2. The number of hydrogen-bond acceptors (Lipinski definition) is 4. The lowest BCUT2D eigenvalue weighted by molar-refractivity contribution is 0.300. The summed E-state index contributed by atoms with van der Waals surface area (Å²) in [6.07, 6.45) is 7.67. The summed E-state index contributed by atoms with van der Waals surface area (Å²) in [7, 11) is 0. The highest BCUT2D eigenvalue weighted by molar-refractivity contribution is 5.33. The van der Waals surface area contributed by atoms with Crippen molar-refractivity contribution in [2.75, 3.05) is 13.1 Å². The minimum absolute atomic E-state index is 0.582. The third kappa shape index (κ3) is 3.94. The molecule has 1 saturated carbocycles. The van der Waals surface area contributed by atoms with Crippen LogP contribution in [0.1, 0.15) is 30.4 Å². The second-order valence-electron chi connectivity index (χ2n) is 6.84. The molecule has 1 aliphatic heterocycles. The van der Waals surface area contributed by atoms with E-state index < -0.39 is 0 Å². The van der Waals surface area contributed by atoms with Crippen LogP contribution in [0.3, 0.4) is 0 Å². The fourth-order valence-electron chi connectivity index (χ4n) is 3.41. The third-order valence-corrected chi connectivity index (χ3v) is 4.98. The van der Waals surface area contributed by atoms with Crippen LogP contribution >= 0.6 is 0 Å². The lowest BCUT2D eigenvalue weighted by atomic mass is 10.1. The van der Waals surface area contributed by atoms with Gasteiger partial charge in [0.1, 0.15) is 12.4 Å². The lowest BCUT2D eigenvalue weighted by Gasteiger charge is -2.17. The first-order valence-corrected chi connectivity index (χ1v) is 8.95. The fourth-order valence-corrected chi connectivity index (χ4v) is 3.41. The molecule has 2 aliphatic rings. The van der Waals surface area contributed by atoms with Crippen LogP contribution in [0.4, 0.5) is 0 Å². The Balaban J connectivity index is 1.32. The van der Waals surface area contributed by atoms with Gasteiger partial charge in [0.25, 0.3) is 0 Å². The van der Waals surface area contributed by atoms with Crippen molar-refractivity contribution in [1.29, 1.82) is 0 Å². The molecule has 0 bridgehead atoms. The van der Waals surface area contributed by atoms with Crippen molar-refractivity contribution in [2.45, 2.75) is 44.5 Å². The maximum Gasteiger partial charge on any atom is 0.124 e. The summed E-state index contributed by atoms with van der Waals surface area (Å²) in [5, 5.41) is 3.72. The Morgan fingerprint density at radius 1 is 1.08 bits per heavy atom. The predicted octanol–water partition coefficient (Wildman–Crippen LogP) is 2.99. The van der Waals surface area contributed by atoms with E-state index >= 15 is 0 Å². The number of rotatable bonds is 7. The van der Waals surface area contributed by atoms with Crippen molar-refractivity contribution in [3.63, 3.8) is 0 Å². The lowest BCUT2D eigenvalue weighted by Crippen LogP contribution is -2.33. The molecule has 4 rings (SSSR count). The monoisotopic (exact) mass is 323 g/mol. The standard InChI is InChI=1S/C20H25N3O/c1-2-4-20(24-15-16-7-10-21-11-8-16)17(3-1)13-22-18-9-12-23(14-18)19-5-6-19/h1-4,7-8,10-11,18-19,22H,5-6,9,12-15H2. The van der Waals surface area contributed by atoms with E-state index in [2.05, 4.69) is 33.4 Å². The van der Waals surface area contributed by atoms with Crippen molar-refractivity contribution in [1.82, 2.24) is 15.2 Å². The van der Waals surface area contributed by atoms with Crippen LogP contribution in [0.15, 0.2) is 48.8 Å². The zero-order valence-corrected chi connectivity index (χ0v) is 14.0. The average Bonchev–Trinajstić information content (AvgIpc) is 3.38. The van der Waals surface area contributed by atoms with Crippen LogP contribution in [0.5, 0.6) is 5.75 Å². The maximum atomic E-state index is 6.03. The van der Waals surface area contributed by atoms with Crippen LogP contribution < -0.4 is 10.1 Å². The fraction of sp³-hybridized carbons (Fsp3) is 0.450. The van der Waals surface area contributed by atoms with E-state index in [-0.39, 0.29) is 0 Å². The van der Waals surface area contributed by atoms with Gasteiger partial charge in [-0.25, -0.2) is 0 Å². The summed E-state index contributed by atoms with van der Waals surface area (Å²) in [5.41, 5.74) is 2.38. The largest absolute Gasteiger partial charge is 0.489 e. The van der Waals surface area contributed by atoms with Gasteiger partial charge >= 0.3 is 0 Å². The highest BCUT2D eigenvalue weighted by Crippen LogP contribution is 2.30. The Labute approximate surface area is 143 Å². The van der Waals surface area contributed by atoms with Crippen LogP contribution in [-0.2, 0) is 13.2 Å². The van der Waals surface area contributed by atoms with Gasteiger partial charge in [0.15, 0.2) is 0 Å². The van der Waals surface area contributed by atoms with Gasteiger partial charge < -0.3 is 10.1 Å². The molecule has 24 heavy (non-hydrogen) atoms. The highest BCUT2D eigenvalue weighted by Gasteiger charge is 2.34. The molecule has 2 heterocycles. The molecule has 4 nitrogen and oxygen atoms in total. The van der Waals surface area contributed by atoms with Crippen molar-refractivity contribution in [3.8, 4) is 5.75 Å². The molecule has 2 aromatic rings. The van der Waals surface area contributed by atoms with Gasteiger partial charge in [0.2, 0.25) is 0 Å². The average molecular weight is 323 g/mol. The molecule has 1 aromatic carbocycles. The van der Waals surface area contributed by atoms with Gasteiger partial charge in [-0.05, 0) is 43.0 Å². The first kappa shape index (κ1) is 15.6. The number of nitrogens with zero attached hydrogens (tertiary/aromatic N) is 2. The summed E-state index contributed by atoms with van der Waals surface area (Å²) in [5.74, 6) is 0.971. The summed E-state index contributed by atoms with van der Waals surface area (Å²) in [6.45, 7) is 3.90. The van der Waals surface area contributed by atoms with Gasteiger partial charge in [-0.15, -0.1) is 0 Å². The Hall–Kier alpha value is -1.91. The number of likely N-dealkylation sites (tertiary alicyclic amines) is 1. The second-order valence-corrected chi connectivity index (χ2v) is 6.84. The Bertz CT molecular complexity index is 657. The van der Waals surface area contributed by atoms with Crippen molar-refractivity contribution >= 4 is 0 Å². The van der Waals surface area contributed by atoms with Crippen molar-refractivity contribution in [3.05, 3.63) is 59.9 Å². The third-order valence-electron chi connectivity index (χ3n) is 4.98. The second kappa shape index (κ2) is 7.32. The van der Waals surface area contributed by atoms with E-state index in [1.165, 1.54) is 37.9 Å². The van der Waals surface area contributed by atoms with Gasteiger partial charge in [-0.2, -0.15) is 0 Å². The minimum atomic E-state index is 0.582. The van der Waals surface area contributed by atoms with Gasteiger partial charge in [-0.1, -0.05) is 18.2 Å². The molecule has 0 amide bonds. The van der Waals surface area contributed by atoms with Crippen LogP contribution in [0.2, 0.25) is 0 Å². The SMILES string of the molecule is c1ccc(OCc2ccncc2)c(CNC2CCN(C3CC3)C2)c1. The molecule has 2 fully saturated rings. The van der Waals surface area contributed by atoms with E-state index in [1.807, 2.05) is 18.2 Å². The number of ether oxygens (including phenoxy) is 1. The van der Waals surface area contributed by atoms with Crippen molar-refractivity contribution < 1.29 is 4.74 Å². The molecule has 0 spiro atoms. The Morgan fingerprint density at radius 3 is 2.75 bits per heavy atom. The Kier molecular flexibility index (Phi) is 4.76. The van der Waals surface area contributed by atoms with Gasteiger partial charge in [0, 0.05) is 49.7 Å². The molecule has 1 N–H and O–H groups in total. The van der Waals surface area contributed by atoms with E-state index in [9.17, 15) is 0 Å². The number of aromatic nitrogens is 1. The number of nitrogens with one attached hydrogen (secondary N) is 1. The molecule has 1 aliphatic carbocycles. The number of pyridine rings is 1. The van der Waals surface area contributed by atoms with E-state index in [0.29, 0.717) is 12.6 Å². The smallest absolute Gasteiger partial charge is 0.124 e. The van der Waals surface area contributed by atoms with E-state index in [4.69, 9.17) is 4.74 Å². The number of benzene rings is 1. The molecule has 1 atom stereocenters. The Morgan fingerprint density at radius 2 is 1.92 bits per heavy atom. The quantitative estimate of drug-likeness (QED) is 0.850. The first-order valence-electron chi connectivity index (χ1n) is 8.95. The van der Waals surface area contributed by atoms with E-state index in [1.54, 1.807) is 12.4 Å². The zero-order valence-electron chi connectivity index (χ0n) is 14.0. The molecule has 4 heteroatoms. The van der Waals surface area contributed by atoms with Gasteiger partial charge in [0.05, 0.1) is 0 Å². The number of hydrogen-bond donors (Lipinski definition) is 1. The minimum Gasteiger partial charge on any atom is -0.489 e. The first-order chi connectivity index (χ1) is 11.9. The molecule has 0 radical (unpaired) electrons. The molecule has 126 valence electrons. The molecule has 1 saturated heterocycles. The van der Waals surface area contributed by atoms with Gasteiger partial charge in [-0.3, -0.25) is 9.88 Å². The molecular formula is C20H25N3O. The summed E-state index contributed by atoms with van der Waals surface area (Å²) in [4.78, 5) is 6.69. The molecule has 1 aromatic heterocycles. The summed E-state index contributed by atoms with van der Waals surface area (Å²) >= 11 is 0. The summed E-state index contributed by atoms with van der Waals surface area (Å²) < 4.78 is 6.03. The summed E-state index contributed by atoms with van der Waals surface area (Å²) in [6, 6.07) is 13.8. The molecule has 1 unspecified atom stereocenters. The number of para-hydroxylation sites is 1. The van der Waals surface area contributed by atoms with Crippen LogP contribution in [0.25, 0.3) is 0 Å². The van der Waals surface area contributed by atoms with E-state index in [0.717, 1.165) is 23.9 Å². The van der Waals surface area contributed by atoms with Crippen LogP contribution in [-0.4, -0.2) is 35.1 Å². The van der Waals surface area contributed by atoms with Crippen LogP contribution in [0, 0.1) is 0 Å². The molecular weight excluding hydrogens is 298 g/mol. The normalized spacial score (nSPS) is 21.1. The highest BCUT2D eigenvalue weighted by atomic mass is 16.5. The topological polar surface area (TPSA) is 37.4 Å². The maximum absolute atomic E-state index is 6.03. The predicted molar refractivity (Wildman–Crippen MR) is 94.9 cm³/mol. The van der Waals surface area contributed by atoms with Crippen molar-refractivity contribution in [2.24, 2.45) is 0 Å².